The first-order chi connectivity index (χ1) is 7.84. The van der Waals surface area contributed by atoms with Crippen molar-refractivity contribution in [2.75, 3.05) is 19.8 Å². The van der Waals surface area contributed by atoms with Crippen molar-refractivity contribution in [3.8, 4) is 0 Å². The molecule has 0 spiro atoms. The number of pyridine rings is 1. The van der Waals surface area contributed by atoms with Crippen molar-refractivity contribution in [1.82, 2.24) is 10.3 Å². The van der Waals surface area contributed by atoms with E-state index >= 15 is 0 Å². The SMILES string of the molecule is Brc1cncc(CNCCC2CCOC2)c1. The maximum absolute atomic E-state index is 5.34. The highest BCUT2D eigenvalue weighted by Crippen LogP contribution is 2.15. The van der Waals surface area contributed by atoms with Crippen molar-refractivity contribution < 1.29 is 4.74 Å². The van der Waals surface area contributed by atoms with Crippen molar-refractivity contribution >= 4 is 15.9 Å². The molecule has 1 aliphatic rings. The zero-order chi connectivity index (χ0) is 11.2. The summed E-state index contributed by atoms with van der Waals surface area (Å²) in [5.74, 6) is 0.758. The van der Waals surface area contributed by atoms with E-state index in [-0.39, 0.29) is 0 Å². The lowest BCUT2D eigenvalue weighted by Crippen LogP contribution is -2.18. The fourth-order valence-corrected chi connectivity index (χ4v) is 2.31. The average Bonchev–Trinajstić information content (AvgIpc) is 2.77. The first-order valence-corrected chi connectivity index (χ1v) is 6.52. The lowest BCUT2D eigenvalue weighted by atomic mass is 10.1. The average molecular weight is 285 g/mol. The number of ether oxygens (including phenoxy) is 1. The van der Waals surface area contributed by atoms with Gasteiger partial charge >= 0.3 is 0 Å². The van der Waals surface area contributed by atoms with Crippen molar-refractivity contribution in [2.45, 2.75) is 19.4 Å². The molecule has 88 valence electrons. The third kappa shape index (κ3) is 3.85. The molecule has 1 saturated heterocycles. The Hall–Kier alpha value is -0.450. The molecule has 0 amide bonds. The van der Waals surface area contributed by atoms with Gasteiger partial charge in [-0.25, -0.2) is 0 Å². The normalized spacial score (nSPS) is 20.2. The van der Waals surface area contributed by atoms with E-state index in [0.29, 0.717) is 0 Å². The van der Waals surface area contributed by atoms with Crippen LogP contribution in [0.5, 0.6) is 0 Å². The van der Waals surface area contributed by atoms with Crippen LogP contribution in [-0.4, -0.2) is 24.7 Å². The third-order valence-corrected chi connectivity index (χ3v) is 3.28. The highest BCUT2D eigenvalue weighted by molar-refractivity contribution is 9.10. The quantitative estimate of drug-likeness (QED) is 0.843. The highest BCUT2D eigenvalue weighted by Gasteiger charge is 2.14. The number of halogens is 1. The Bertz CT molecular complexity index is 327. The summed E-state index contributed by atoms with van der Waals surface area (Å²) in [6.45, 7) is 3.83. The van der Waals surface area contributed by atoms with E-state index in [9.17, 15) is 0 Å². The zero-order valence-corrected chi connectivity index (χ0v) is 10.9. The van der Waals surface area contributed by atoms with Crippen LogP contribution in [-0.2, 0) is 11.3 Å². The molecule has 1 aliphatic heterocycles. The number of aromatic nitrogens is 1. The number of rotatable bonds is 5. The van der Waals surface area contributed by atoms with Gasteiger partial charge in [0.05, 0.1) is 0 Å². The van der Waals surface area contributed by atoms with Gasteiger partial charge < -0.3 is 10.1 Å². The molecule has 0 saturated carbocycles. The Morgan fingerprint density at radius 3 is 3.19 bits per heavy atom. The molecule has 1 atom stereocenters. The summed E-state index contributed by atoms with van der Waals surface area (Å²) in [4.78, 5) is 4.13. The topological polar surface area (TPSA) is 34.2 Å². The summed E-state index contributed by atoms with van der Waals surface area (Å²) in [6, 6.07) is 2.10. The molecule has 1 aromatic heterocycles. The summed E-state index contributed by atoms with van der Waals surface area (Å²) in [7, 11) is 0. The molecule has 2 heterocycles. The largest absolute Gasteiger partial charge is 0.381 e. The van der Waals surface area contributed by atoms with Gasteiger partial charge in [-0.15, -0.1) is 0 Å². The molecule has 3 nitrogen and oxygen atoms in total. The van der Waals surface area contributed by atoms with Crippen LogP contribution < -0.4 is 5.32 Å². The zero-order valence-electron chi connectivity index (χ0n) is 9.29. The number of hydrogen-bond donors (Lipinski definition) is 1. The van der Waals surface area contributed by atoms with Gasteiger partial charge in [-0.2, -0.15) is 0 Å². The molecule has 2 rings (SSSR count). The second-order valence-electron chi connectivity index (χ2n) is 4.21. The van der Waals surface area contributed by atoms with Gasteiger partial charge in [0.25, 0.3) is 0 Å². The minimum Gasteiger partial charge on any atom is -0.381 e. The first kappa shape index (κ1) is 12.0. The highest BCUT2D eigenvalue weighted by atomic mass is 79.9. The molecule has 4 heteroatoms. The van der Waals surface area contributed by atoms with Crippen LogP contribution in [0.4, 0.5) is 0 Å². The van der Waals surface area contributed by atoms with Crippen LogP contribution >= 0.6 is 15.9 Å². The fourth-order valence-electron chi connectivity index (χ4n) is 1.90. The first-order valence-electron chi connectivity index (χ1n) is 5.72. The monoisotopic (exact) mass is 284 g/mol. The van der Waals surface area contributed by atoms with E-state index in [1.165, 1.54) is 18.4 Å². The van der Waals surface area contributed by atoms with Gasteiger partial charge in [0.2, 0.25) is 0 Å². The van der Waals surface area contributed by atoms with E-state index in [1.54, 1.807) is 6.20 Å². The van der Waals surface area contributed by atoms with Crippen molar-refractivity contribution in [3.05, 3.63) is 28.5 Å². The summed E-state index contributed by atoms with van der Waals surface area (Å²) in [6.07, 6.45) is 6.14. The molecular weight excluding hydrogens is 268 g/mol. The molecule has 1 aromatic rings. The standard InChI is InChI=1S/C12H17BrN2O/c13-12-5-11(7-15-8-12)6-14-3-1-10-2-4-16-9-10/h5,7-8,10,14H,1-4,6,9H2. The minimum atomic E-state index is 0.758. The second kappa shape index (κ2) is 6.33. The van der Waals surface area contributed by atoms with Gasteiger partial charge in [0, 0.05) is 36.6 Å². The molecule has 1 unspecified atom stereocenters. The van der Waals surface area contributed by atoms with Crippen LogP contribution in [0.3, 0.4) is 0 Å². The van der Waals surface area contributed by atoms with E-state index in [1.807, 2.05) is 6.20 Å². The van der Waals surface area contributed by atoms with Crippen LogP contribution in [0.15, 0.2) is 22.9 Å². The van der Waals surface area contributed by atoms with E-state index in [0.717, 1.165) is 36.7 Å². The predicted molar refractivity (Wildman–Crippen MR) is 67.2 cm³/mol. The molecular formula is C12H17BrN2O. The molecule has 1 N–H and O–H groups in total. The smallest absolute Gasteiger partial charge is 0.0495 e. The van der Waals surface area contributed by atoms with Gasteiger partial charge in [0.1, 0.15) is 0 Å². The van der Waals surface area contributed by atoms with Gasteiger partial charge in [0.15, 0.2) is 0 Å². The van der Waals surface area contributed by atoms with E-state index in [4.69, 9.17) is 4.74 Å². The van der Waals surface area contributed by atoms with Gasteiger partial charge in [-0.3, -0.25) is 4.98 Å². The van der Waals surface area contributed by atoms with Gasteiger partial charge in [-0.1, -0.05) is 0 Å². The number of nitrogens with zero attached hydrogens (tertiary/aromatic N) is 1. The van der Waals surface area contributed by atoms with Crippen molar-refractivity contribution in [1.29, 1.82) is 0 Å². The summed E-state index contributed by atoms with van der Waals surface area (Å²) >= 11 is 3.42. The maximum atomic E-state index is 5.34. The van der Waals surface area contributed by atoms with Crippen LogP contribution in [0.1, 0.15) is 18.4 Å². The Morgan fingerprint density at radius 1 is 1.50 bits per heavy atom. The summed E-state index contributed by atoms with van der Waals surface area (Å²) in [5.41, 5.74) is 1.22. The third-order valence-electron chi connectivity index (χ3n) is 2.84. The maximum Gasteiger partial charge on any atom is 0.0495 e. The van der Waals surface area contributed by atoms with Crippen molar-refractivity contribution in [3.63, 3.8) is 0 Å². The Labute approximate surface area is 105 Å². The van der Waals surface area contributed by atoms with Crippen LogP contribution in [0.2, 0.25) is 0 Å². The molecule has 0 aromatic carbocycles. The summed E-state index contributed by atoms with van der Waals surface area (Å²) in [5, 5.41) is 3.44. The predicted octanol–water partition coefficient (Wildman–Crippen LogP) is 2.36. The lowest BCUT2D eigenvalue weighted by Gasteiger charge is -2.08. The number of nitrogens with one attached hydrogen (secondary N) is 1. The Balaban J connectivity index is 1.64. The molecule has 0 radical (unpaired) electrons. The summed E-state index contributed by atoms with van der Waals surface area (Å²) < 4.78 is 6.38. The van der Waals surface area contributed by atoms with E-state index < -0.39 is 0 Å². The fraction of sp³-hybridized carbons (Fsp3) is 0.583. The van der Waals surface area contributed by atoms with Crippen molar-refractivity contribution in [2.24, 2.45) is 5.92 Å². The molecule has 0 aliphatic carbocycles. The van der Waals surface area contributed by atoms with E-state index in [2.05, 4.69) is 32.3 Å². The molecule has 0 bridgehead atoms. The number of hydrogen-bond acceptors (Lipinski definition) is 3. The van der Waals surface area contributed by atoms with Gasteiger partial charge in [-0.05, 0) is 52.9 Å². The lowest BCUT2D eigenvalue weighted by molar-refractivity contribution is 0.184. The Kier molecular flexibility index (Phi) is 4.75. The Morgan fingerprint density at radius 2 is 2.44 bits per heavy atom. The molecule has 1 fully saturated rings. The molecule has 16 heavy (non-hydrogen) atoms. The van der Waals surface area contributed by atoms with Crippen LogP contribution in [0.25, 0.3) is 0 Å². The second-order valence-corrected chi connectivity index (χ2v) is 5.12. The van der Waals surface area contributed by atoms with Crippen LogP contribution in [0, 0.1) is 5.92 Å². The minimum absolute atomic E-state index is 0.758.